The fourth-order valence-corrected chi connectivity index (χ4v) is 3.68. The number of aromatic hydroxyl groups is 1. The molecule has 4 rings (SSSR count). The van der Waals surface area contributed by atoms with E-state index in [1.807, 2.05) is 0 Å². The molecule has 1 aromatic heterocycles. The number of hydrogen-bond donors (Lipinski definition) is 2. The van der Waals surface area contributed by atoms with Gasteiger partial charge in [-0.1, -0.05) is 6.07 Å². The third kappa shape index (κ3) is 3.65. The number of phenolic OH excluding ortho intramolecular Hbond substituents is 1. The Morgan fingerprint density at radius 2 is 1.84 bits per heavy atom. The van der Waals surface area contributed by atoms with Crippen molar-refractivity contribution in [3.8, 4) is 22.9 Å². The second-order valence-electron chi connectivity index (χ2n) is 6.98. The van der Waals surface area contributed by atoms with Crippen molar-refractivity contribution in [2.45, 2.75) is 18.5 Å². The Kier molecular flexibility index (Phi) is 5.00. The van der Waals surface area contributed by atoms with Crippen LogP contribution in [0.2, 0.25) is 0 Å². The van der Waals surface area contributed by atoms with Crippen molar-refractivity contribution in [3.63, 3.8) is 0 Å². The van der Waals surface area contributed by atoms with Crippen LogP contribution in [0.5, 0.6) is 17.2 Å². The third-order valence-corrected chi connectivity index (χ3v) is 5.14. The lowest BCUT2D eigenvalue weighted by molar-refractivity contribution is -0.137. The zero-order chi connectivity index (χ0) is 22.3. The first-order chi connectivity index (χ1) is 14.7. The number of carbonyl (C=O) groups is 1. The maximum atomic E-state index is 13.2. The molecule has 10 heteroatoms. The summed E-state index contributed by atoms with van der Waals surface area (Å²) in [4.78, 5) is 16.5. The predicted octanol–water partition coefficient (Wildman–Crippen LogP) is 4.09. The largest absolute Gasteiger partial charge is 0.502 e. The van der Waals surface area contributed by atoms with Gasteiger partial charge in [-0.25, -0.2) is 4.98 Å². The molecule has 2 N–H and O–H groups in total. The van der Waals surface area contributed by atoms with Gasteiger partial charge < -0.3 is 24.5 Å². The molecule has 2 heterocycles. The molecule has 0 bridgehead atoms. The average molecular weight is 433 g/mol. The number of alkyl halides is 3. The minimum absolute atomic E-state index is 0.0226. The highest BCUT2D eigenvalue weighted by molar-refractivity contribution is 5.94. The molecule has 1 amide bonds. The lowest BCUT2D eigenvalue weighted by Gasteiger charge is -2.26. The van der Waals surface area contributed by atoms with E-state index >= 15 is 0 Å². The Balaban J connectivity index is 1.88. The van der Waals surface area contributed by atoms with Crippen molar-refractivity contribution in [1.29, 1.82) is 0 Å². The number of ether oxygens (including phenoxy) is 2. The van der Waals surface area contributed by atoms with Crippen LogP contribution in [0, 0.1) is 0 Å². The number of halogens is 3. The quantitative estimate of drug-likeness (QED) is 0.648. The number of methoxy groups -OCH3 is 2. The Hall–Kier alpha value is -3.69. The minimum atomic E-state index is -4.50. The molecule has 1 atom stereocenters. The van der Waals surface area contributed by atoms with Crippen molar-refractivity contribution < 1.29 is 32.5 Å². The molecule has 2 aromatic carbocycles. The molecule has 1 aliphatic rings. The van der Waals surface area contributed by atoms with Crippen LogP contribution in [0.1, 0.15) is 29.2 Å². The average Bonchev–Trinajstić information content (AvgIpc) is 3.16. The molecule has 0 saturated heterocycles. The number of phenols is 1. The summed E-state index contributed by atoms with van der Waals surface area (Å²) in [5, 5.41) is 12.9. The van der Waals surface area contributed by atoms with E-state index in [4.69, 9.17) is 9.47 Å². The summed E-state index contributed by atoms with van der Waals surface area (Å²) in [5.74, 6) is -0.508. The van der Waals surface area contributed by atoms with Gasteiger partial charge in [0.1, 0.15) is 6.33 Å². The Bertz CT molecular complexity index is 1130. The Morgan fingerprint density at radius 3 is 2.45 bits per heavy atom. The predicted molar refractivity (Wildman–Crippen MR) is 105 cm³/mol. The molecule has 0 fully saturated rings. The molecular weight excluding hydrogens is 415 g/mol. The van der Waals surface area contributed by atoms with Crippen LogP contribution < -0.4 is 14.8 Å². The molecule has 0 spiro atoms. The number of nitrogens with zero attached hydrogens (tertiary/aromatic N) is 2. The number of anilines is 1. The van der Waals surface area contributed by atoms with Crippen molar-refractivity contribution in [2.75, 3.05) is 19.5 Å². The van der Waals surface area contributed by atoms with Gasteiger partial charge in [0, 0.05) is 18.0 Å². The Labute approximate surface area is 175 Å². The summed E-state index contributed by atoms with van der Waals surface area (Å²) in [7, 11) is 2.76. The molecule has 1 aliphatic heterocycles. The van der Waals surface area contributed by atoms with Crippen molar-refractivity contribution >= 4 is 11.7 Å². The molecular formula is C21H18F3N3O4. The summed E-state index contributed by atoms with van der Waals surface area (Å²) in [6, 6.07) is 7.98. The highest BCUT2D eigenvalue weighted by Gasteiger charge is 2.34. The van der Waals surface area contributed by atoms with E-state index in [0.717, 1.165) is 12.1 Å². The van der Waals surface area contributed by atoms with Crippen LogP contribution in [0.4, 0.5) is 19.0 Å². The zero-order valence-corrected chi connectivity index (χ0v) is 16.5. The molecule has 3 aromatic rings. The van der Waals surface area contributed by atoms with Crippen molar-refractivity contribution in [2.24, 2.45) is 0 Å². The van der Waals surface area contributed by atoms with E-state index in [-0.39, 0.29) is 41.1 Å². The first kappa shape index (κ1) is 20.6. The summed E-state index contributed by atoms with van der Waals surface area (Å²) in [5.41, 5.74) is 0.546. The zero-order valence-electron chi connectivity index (χ0n) is 16.5. The van der Waals surface area contributed by atoms with Gasteiger partial charge in [-0.3, -0.25) is 4.79 Å². The smallest absolute Gasteiger partial charge is 0.416 e. The monoisotopic (exact) mass is 433 g/mol. The molecule has 0 saturated carbocycles. The summed E-state index contributed by atoms with van der Waals surface area (Å²) in [6.07, 6.45) is -3.11. The number of hydrogen-bond acceptors (Lipinski definition) is 5. The molecule has 0 radical (unpaired) electrons. The van der Waals surface area contributed by atoms with Gasteiger partial charge in [-0.2, -0.15) is 13.2 Å². The first-order valence-corrected chi connectivity index (χ1v) is 9.22. The van der Waals surface area contributed by atoms with E-state index in [2.05, 4.69) is 10.3 Å². The number of nitrogens with one attached hydrogen (secondary N) is 1. The van der Waals surface area contributed by atoms with Gasteiger partial charge in [0.15, 0.2) is 17.3 Å². The lowest BCUT2D eigenvalue weighted by atomic mass is 9.89. The van der Waals surface area contributed by atoms with Crippen LogP contribution in [-0.4, -0.2) is 34.8 Å². The molecule has 0 aliphatic carbocycles. The first-order valence-electron chi connectivity index (χ1n) is 9.22. The van der Waals surface area contributed by atoms with Gasteiger partial charge in [0.25, 0.3) is 0 Å². The molecule has 1 unspecified atom stereocenters. The molecule has 7 nitrogen and oxygen atoms in total. The maximum Gasteiger partial charge on any atom is 0.416 e. The van der Waals surface area contributed by atoms with Crippen molar-refractivity contribution in [3.05, 3.63) is 59.5 Å². The van der Waals surface area contributed by atoms with Gasteiger partial charge in [0.2, 0.25) is 11.7 Å². The van der Waals surface area contributed by atoms with Gasteiger partial charge in [0.05, 0.1) is 25.5 Å². The second-order valence-corrected chi connectivity index (χ2v) is 6.98. The standard InChI is InChI=1S/C21H18F3N3O4/c1-30-15-6-11(7-16(31-2)19(15)29)14-9-17(28)26-20-18(14)27(10-25-20)13-5-3-4-12(8-13)21(22,23)24/h3-8,10,14,29H,9H2,1-2H3,(H,26,28). The number of amides is 1. The van der Waals surface area contributed by atoms with Crippen LogP contribution >= 0.6 is 0 Å². The fourth-order valence-electron chi connectivity index (χ4n) is 3.68. The van der Waals surface area contributed by atoms with Crippen LogP contribution in [0.3, 0.4) is 0 Å². The topological polar surface area (TPSA) is 85.6 Å². The van der Waals surface area contributed by atoms with E-state index in [1.165, 1.54) is 37.2 Å². The summed E-state index contributed by atoms with van der Waals surface area (Å²) in [6.45, 7) is 0. The summed E-state index contributed by atoms with van der Waals surface area (Å²) < 4.78 is 51.6. The lowest BCUT2D eigenvalue weighted by Crippen LogP contribution is -2.25. The van der Waals surface area contributed by atoms with Gasteiger partial charge in [-0.05, 0) is 35.9 Å². The number of benzene rings is 2. The van der Waals surface area contributed by atoms with Crippen molar-refractivity contribution in [1.82, 2.24) is 9.55 Å². The van der Waals surface area contributed by atoms with E-state index in [1.54, 1.807) is 12.1 Å². The SMILES string of the molecule is COc1cc(C2CC(=O)Nc3ncn(-c4cccc(C(F)(F)F)c4)c32)cc(OC)c1O. The van der Waals surface area contributed by atoms with E-state index in [0.29, 0.717) is 11.3 Å². The Morgan fingerprint density at radius 1 is 1.16 bits per heavy atom. The third-order valence-electron chi connectivity index (χ3n) is 5.14. The maximum absolute atomic E-state index is 13.2. The summed E-state index contributed by atoms with van der Waals surface area (Å²) >= 11 is 0. The highest BCUT2D eigenvalue weighted by Crippen LogP contribution is 2.44. The van der Waals surface area contributed by atoms with Crippen LogP contribution in [0.15, 0.2) is 42.7 Å². The van der Waals surface area contributed by atoms with Crippen LogP contribution in [-0.2, 0) is 11.0 Å². The fraction of sp³-hybridized carbons (Fsp3) is 0.238. The van der Waals surface area contributed by atoms with Gasteiger partial charge in [-0.15, -0.1) is 0 Å². The number of carbonyl (C=O) groups excluding carboxylic acids is 1. The normalized spacial score (nSPS) is 15.9. The van der Waals surface area contributed by atoms with Crippen LogP contribution in [0.25, 0.3) is 5.69 Å². The second kappa shape index (κ2) is 7.53. The highest BCUT2D eigenvalue weighted by atomic mass is 19.4. The molecule has 31 heavy (non-hydrogen) atoms. The minimum Gasteiger partial charge on any atom is -0.502 e. The van der Waals surface area contributed by atoms with E-state index < -0.39 is 17.7 Å². The number of aromatic nitrogens is 2. The number of fused-ring (bicyclic) bond motifs is 1. The van der Waals surface area contributed by atoms with E-state index in [9.17, 15) is 23.1 Å². The van der Waals surface area contributed by atoms with Gasteiger partial charge >= 0.3 is 6.18 Å². The number of imidazole rings is 1. The molecule has 162 valence electrons. The number of rotatable bonds is 4.